The molecule has 96 valence electrons. The normalized spacial score (nSPS) is 11.4. The maximum Gasteiger partial charge on any atom is 0.251 e. The second-order valence-electron chi connectivity index (χ2n) is 3.78. The molecule has 5 heteroatoms. The summed E-state index contributed by atoms with van der Waals surface area (Å²) < 4.78 is 0. The van der Waals surface area contributed by atoms with E-state index in [0.29, 0.717) is 17.7 Å². The van der Waals surface area contributed by atoms with Crippen molar-refractivity contribution in [3.63, 3.8) is 0 Å². The van der Waals surface area contributed by atoms with Gasteiger partial charge in [-0.3, -0.25) is 9.59 Å². The summed E-state index contributed by atoms with van der Waals surface area (Å²) in [4.78, 5) is 22.9. The Morgan fingerprint density at radius 1 is 1.39 bits per heavy atom. The standard InChI is InChI=1S/C13H17N3O2/c1-3-4-11(14)13(18)16-10-7-5-9(6-8-10)12(17)15-2/h3,5-8,11H,1,4,14H2,2H3,(H,15,17)(H,16,18). The van der Waals surface area contributed by atoms with Crippen LogP contribution in [0, 0.1) is 0 Å². The van der Waals surface area contributed by atoms with Gasteiger partial charge in [-0.15, -0.1) is 6.58 Å². The number of rotatable bonds is 5. The van der Waals surface area contributed by atoms with Gasteiger partial charge in [0.15, 0.2) is 0 Å². The Hall–Kier alpha value is -2.14. The Kier molecular flexibility index (Phi) is 5.07. The number of carbonyl (C=O) groups excluding carboxylic acids is 2. The molecule has 0 aliphatic heterocycles. The zero-order valence-electron chi connectivity index (χ0n) is 10.3. The molecule has 5 nitrogen and oxygen atoms in total. The molecule has 0 aliphatic carbocycles. The molecule has 0 saturated carbocycles. The Labute approximate surface area is 106 Å². The van der Waals surface area contributed by atoms with Gasteiger partial charge in [-0.2, -0.15) is 0 Å². The molecule has 2 amide bonds. The molecule has 0 saturated heterocycles. The fourth-order valence-electron chi connectivity index (χ4n) is 1.37. The first-order valence-electron chi connectivity index (χ1n) is 5.58. The molecule has 1 unspecified atom stereocenters. The lowest BCUT2D eigenvalue weighted by Gasteiger charge is -2.10. The van der Waals surface area contributed by atoms with Crippen LogP contribution in [-0.2, 0) is 4.79 Å². The summed E-state index contributed by atoms with van der Waals surface area (Å²) in [6.07, 6.45) is 2.01. The van der Waals surface area contributed by atoms with Crippen molar-refractivity contribution in [3.05, 3.63) is 42.5 Å². The van der Waals surface area contributed by atoms with E-state index >= 15 is 0 Å². The lowest BCUT2D eigenvalue weighted by molar-refractivity contribution is -0.117. The summed E-state index contributed by atoms with van der Waals surface area (Å²) >= 11 is 0. The van der Waals surface area contributed by atoms with Crippen LogP contribution in [0.25, 0.3) is 0 Å². The number of benzene rings is 1. The molecule has 1 rings (SSSR count). The lowest BCUT2D eigenvalue weighted by atomic mass is 10.1. The first-order valence-corrected chi connectivity index (χ1v) is 5.58. The molecule has 1 aromatic carbocycles. The SMILES string of the molecule is C=CCC(N)C(=O)Nc1ccc(C(=O)NC)cc1. The van der Waals surface area contributed by atoms with Crippen LogP contribution in [0.2, 0.25) is 0 Å². The minimum atomic E-state index is -0.610. The summed E-state index contributed by atoms with van der Waals surface area (Å²) in [7, 11) is 1.56. The van der Waals surface area contributed by atoms with Crippen LogP contribution in [0.15, 0.2) is 36.9 Å². The van der Waals surface area contributed by atoms with Crippen molar-refractivity contribution in [2.75, 3.05) is 12.4 Å². The van der Waals surface area contributed by atoms with Gasteiger partial charge in [-0.05, 0) is 30.7 Å². The van der Waals surface area contributed by atoms with Gasteiger partial charge >= 0.3 is 0 Å². The Bertz CT molecular complexity index is 440. The van der Waals surface area contributed by atoms with Crippen molar-refractivity contribution in [2.24, 2.45) is 5.73 Å². The number of nitrogens with one attached hydrogen (secondary N) is 2. The molecule has 0 aromatic heterocycles. The smallest absolute Gasteiger partial charge is 0.251 e. The molecule has 4 N–H and O–H groups in total. The maximum absolute atomic E-state index is 11.6. The number of nitrogens with two attached hydrogens (primary N) is 1. The molecule has 0 aliphatic rings. The van der Waals surface area contributed by atoms with Gasteiger partial charge < -0.3 is 16.4 Å². The predicted octanol–water partition coefficient (Wildman–Crippen LogP) is 0.888. The van der Waals surface area contributed by atoms with E-state index in [9.17, 15) is 9.59 Å². The number of hydrogen-bond acceptors (Lipinski definition) is 3. The highest BCUT2D eigenvalue weighted by molar-refractivity contribution is 5.97. The van der Waals surface area contributed by atoms with E-state index in [-0.39, 0.29) is 11.8 Å². The van der Waals surface area contributed by atoms with Crippen LogP contribution in [0.3, 0.4) is 0 Å². The first kappa shape index (κ1) is 13.9. The molecule has 1 aromatic rings. The fraction of sp³-hybridized carbons (Fsp3) is 0.231. The Morgan fingerprint density at radius 3 is 2.50 bits per heavy atom. The predicted molar refractivity (Wildman–Crippen MR) is 71.3 cm³/mol. The molecule has 0 heterocycles. The minimum absolute atomic E-state index is 0.170. The first-order chi connectivity index (χ1) is 8.58. The van der Waals surface area contributed by atoms with Gasteiger partial charge in [0, 0.05) is 18.3 Å². The number of carbonyl (C=O) groups is 2. The Morgan fingerprint density at radius 2 is 2.00 bits per heavy atom. The van der Waals surface area contributed by atoms with Crippen molar-refractivity contribution >= 4 is 17.5 Å². The van der Waals surface area contributed by atoms with Gasteiger partial charge in [-0.1, -0.05) is 6.08 Å². The highest BCUT2D eigenvalue weighted by Crippen LogP contribution is 2.10. The van der Waals surface area contributed by atoms with Gasteiger partial charge in [0.05, 0.1) is 6.04 Å². The third kappa shape index (κ3) is 3.71. The molecule has 18 heavy (non-hydrogen) atoms. The van der Waals surface area contributed by atoms with Crippen LogP contribution >= 0.6 is 0 Å². The lowest BCUT2D eigenvalue weighted by Crippen LogP contribution is -2.35. The topological polar surface area (TPSA) is 84.2 Å². The van der Waals surface area contributed by atoms with Gasteiger partial charge in [0.25, 0.3) is 5.91 Å². The number of hydrogen-bond donors (Lipinski definition) is 3. The summed E-state index contributed by atoms with van der Waals surface area (Å²) in [5.41, 5.74) is 6.76. The van der Waals surface area contributed by atoms with E-state index in [2.05, 4.69) is 17.2 Å². The quantitative estimate of drug-likeness (QED) is 0.675. The van der Waals surface area contributed by atoms with E-state index in [1.165, 1.54) is 0 Å². The van der Waals surface area contributed by atoms with Crippen molar-refractivity contribution in [3.8, 4) is 0 Å². The highest BCUT2D eigenvalue weighted by Gasteiger charge is 2.11. The number of anilines is 1. The van der Waals surface area contributed by atoms with Crippen molar-refractivity contribution < 1.29 is 9.59 Å². The highest BCUT2D eigenvalue weighted by atomic mass is 16.2. The summed E-state index contributed by atoms with van der Waals surface area (Å²) in [6.45, 7) is 3.53. The summed E-state index contributed by atoms with van der Waals surface area (Å²) in [5.74, 6) is -0.446. The molecule has 0 radical (unpaired) electrons. The fourth-order valence-corrected chi connectivity index (χ4v) is 1.37. The van der Waals surface area contributed by atoms with E-state index in [1.54, 1.807) is 37.4 Å². The second-order valence-corrected chi connectivity index (χ2v) is 3.78. The van der Waals surface area contributed by atoms with Crippen LogP contribution in [0.4, 0.5) is 5.69 Å². The molecule has 0 bridgehead atoms. The van der Waals surface area contributed by atoms with Crippen molar-refractivity contribution in [1.82, 2.24) is 5.32 Å². The summed E-state index contributed by atoms with van der Waals surface area (Å²) in [6, 6.07) is 5.97. The average molecular weight is 247 g/mol. The van der Waals surface area contributed by atoms with Crippen LogP contribution in [-0.4, -0.2) is 24.9 Å². The van der Waals surface area contributed by atoms with E-state index in [4.69, 9.17) is 5.73 Å². The minimum Gasteiger partial charge on any atom is -0.355 e. The van der Waals surface area contributed by atoms with Crippen LogP contribution < -0.4 is 16.4 Å². The van der Waals surface area contributed by atoms with Gasteiger partial charge in [0.1, 0.15) is 0 Å². The van der Waals surface area contributed by atoms with Crippen molar-refractivity contribution in [1.29, 1.82) is 0 Å². The van der Waals surface area contributed by atoms with Crippen LogP contribution in [0.5, 0.6) is 0 Å². The van der Waals surface area contributed by atoms with Crippen LogP contribution in [0.1, 0.15) is 16.8 Å². The number of amides is 2. The Balaban J connectivity index is 2.66. The molecule has 1 atom stereocenters. The van der Waals surface area contributed by atoms with Gasteiger partial charge in [-0.25, -0.2) is 0 Å². The second kappa shape index (κ2) is 6.56. The molecular formula is C13H17N3O2. The maximum atomic E-state index is 11.6. The van der Waals surface area contributed by atoms with Gasteiger partial charge in [0.2, 0.25) is 5.91 Å². The zero-order chi connectivity index (χ0) is 13.5. The van der Waals surface area contributed by atoms with E-state index < -0.39 is 6.04 Å². The molecule has 0 spiro atoms. The monoisotopic (exact) mass is 247 g/mol. The zero-order valence-corrected chi connectivity index (χ0v) is 10.3. The van der Waals surface area contributed by atoms with E-state index in [0.717, 1.165) is 0 Å². The third-order valence-corrected chi connectivity index (χ3v) is 2.40. The summed E-state index contributed by atoms with van der Waals surface area (Å²) in [5, 5.41) is 5.19. The average Bonchev–Trinajstić information content (AvgIpc) is 2.39. The molecule has 0 fully saturated rings. The van der Waals surface area contributed by atoms with Crippen molar-refractivity contribution in [2.45, 2.75) is 12.5 Å². The largest absolute Gasteiger partial charge is 0.355 e. The molecular weight excluding hydrogens is 230 g/mol. The van der Waals surface area contributed by atoms with E-state index in [1.807, 2.05) is 0 Å². The third-order valence-electron chi connectivity index (χ3n) is 2.40.